The van der Waals surface area contributed by atoms with Crippen LogP contribution in [-0.4, -0.2) is 32.3 Å². The Hall–Kier alpha value is -3.03. The third-order valence-corrected chi connectivity index (χ3v) is 4.90. The lowest BCUT2D eigenvalue weighted by molar-refractivity contribution is 0.0585. The number of benzene rings is 1. The summed E-state index contributed by atoms with van der Waals surface area (Å²) in [4.78, 5) is 41.8. The molecule has 7 nitrogen and oxygen atoms in total. The van der Waals surface area contributed by atoms with Crippen molar-refractivity contribution in [2.75, 3.05) is 5.73 Å². The monoisotopic (exact) mass is 342 g/mol. The van der Waals surface area contributed by atoms with E-state index < -0.39 is 17.3 Å². The molecule has 1 aromatic heterocycles. The maximum absolute atomic E-state index is 13.6. The molecule has 2 atom stereocenters. The maximum Gasteiger partial charge on any atom is 0.349 e. The van der Waals surface area contributed by atoms with Crippen LogP contribution in [0.25, 0.3) is 0 Å². The van der Waals surface area contributed by atoms with Crippen molar-refractivity contribution in [1.82, 2.24) is 14.5 Å². The second-order valence-corrected chi connectivity index (χ2v) is 6.31. The van der Waals surface area contributed by atoms with Crippen molar-refractivity contribution in [2.45, 2.75) is 31.3 Å². The number of hydrogen-bond acceptors (Lipinski definition) is 5. The van der Waals surface area contributed by atoms with Crippen LogP contribution in [0.5, 0.6) is 0 Å². The van der Waals surface area contributed by atoms with E-state index in [1.165, 1.54) is 9.47 Å². The molecule has 0 spiro atoms. The lowest BCUT2D eigenvalue weighted by Crippen LogP contribution is -2.38. The van der Waals surface area contributed by atoms with Gasteiger partial charge in [0.15, 0.2) is 11.6 Å². The molecule has 25 heavy (non-hydrogen) atoms. The third kappa shape index (κ3) is 2.33. The fourth-order valence-corrected chi connectivity index (χ4v) is 3.68. The van der Waals surface area contributed by atoms with Gasteiger partial charge in [-0.2, -0.15) is 4.98 Å². The lowest BCUT2D eigenvalue weighted by Gasteiger charge is -2.22. The summed E-state index contributed by atoms with van der Waals surface area (Å²) in [5.41, 5.74) is 5.46. The summed E-state index contributed by atoms with van der Waals surface area (Å²) in [5, 5.41) is 0. The highest BCUT2D eigenvalue weighted by molar-refractivity contribution is 6.21. The van der Waals surface area contributed by atoms with E-state index in [1.54, 1.807) is 24.3 Å². The molecule has 1 aromatic carbocycles. The van der Waals surface area contributed by atoms with E-state index in [0.29, 0.717) is 30.4 Å². The Labute approximate surface area is 141 Å². The second-order valence-electron chi connectivity index (χ2n) is 6.31. The van der Waals surface area contributed by atoms with Crippen LogP contribution in [-0.2, 0) is 0 Å². The van der Waals surface area contributed by atoms with E-state index in [-0.39, 0.29) is 23.9 Å². The first-order valence-electron chi connectivity index (χ1n) is 7.98. The summed E-state index contributed by atoms with van der Waals surface area (Å²) in [7, 11) is 0. The van der Waals surface area contributed by atoms with E-state index in [0.717, 1.165) is 6.20 Å². The standard InChI is InChI=1S/C17H15FN4O3/c18-13-8-21(17(25)20-14(13)19)9-5-6-10(7-9)22-15(23)11-3-1-2-4-12(11)16(22)24/h1-4,8-10H,5-7H2,(H2,19,20,25)/t9-,10-/m0/s1. The third-order valence-electron chi connectivity index (χ3n) is 4.90. The molecule has 2 aliphatic rings. The zero-order valence-electron chi connectivity index (χ0n) is 13.2. The number of fused-ring (bicyclic) bond motifs is 1. The summed E-state index contributed by atoms with van der Waals surface area (Å²) in [6.45, 7) is 0. The van der Waals surface area contributed by atoms with Gasteiger partial charge in [-0.25, -0.2) is 9.18 Å². The maximum atomic E-state index is 13.6. The number of halogens is 1. The van der Waals surface area contributed by atoms with Gasteiger partial charge in [-0.3, -0.25) is 19.1 Å². The number of nitrogen functional groups attached to an aromatic ring is 1. The predicted octanol–water partition coefficient (Wildman–Crippen LogP) is 1.35. The molecule has 2 heterocycles. The van der Waals surface area contributed by atoms with Crippen molar-refractivity contribution in [3.05, 3.63) is 57.9 Å². The van der Waals surface area contributed by atoms with Gasteiger partial charge in [0.25, 0.3) is 11.8 Å². The Kier molecular flexibility index (Phi) is 3.41. The van der Waals surface area contributed by atoms with Gasteiger partial charge in [-0.05, 0) is 31.4 Å². The van der Waals surface area contributed by atoms with Gasteiger partial charge in [0.2, 0.25) is 0 Å². The largest absolute Gasteiger partial charge is 0.381 e. The zero-order valence-corrected chi connectivity index (χ0v) is 13.2. The van der Waals surface area contributed by atoms with Gasteiger partial charge in [-0.1, -0.05) is 12.1 Å². The highest BCUT2D eigenvalue weighted by Gasteiger charge is 2.42. The number of amides is 2. The highest BCUT2D eigenvalue weighted by Crippen LogP contribution is 2.36. The number of aromatic nitrogens is 2. The number of anilines is 1. The summed E-state index contributed by atoms with van der Waals surface area (Å²) in [6.07, 6.45) is 2.52. The molecule has 1 aliphatic heterocycles. The van der Waals surface area contributed by atoms with Crippen molar-refractivity contribution >= 4 is 17.6 Å². The van der Waals surface area contributed by atoms with Crippen LogP contribution in [0.3, 0.4) is 0 Å². The molecule has 128 valence electrons. The van der Waals surface area contributed by atoms with Gasteiger partial charge in [-0.15, -0.1) is 0 Å². The minimum Gasteiger partial charge on any atom is -0.381 e. The number of nitrogens with zero attached hydrogens (tertiary/aromatic N) is 3. The smallest absolute Gasteiger partial charge is 0.349 e. The van der Waals surface area contributed by atoms with Crippen LogP contribution in [0.2, 0.25) is 0 Å². The van der Waals surface area contributed by atoms with Crippen LogP contribution in [0.15, 0.2) is 35.3 Å². The Balaban J connectivity index is 1.60. The van der Waals surface area contributed by atoms with Crippen LogP contribution < -0.4 is 11.4 Å². The number of hydrogen-bond donors (Lipinski definition) is 1. The minimum atomic E-state index is -0.760. The van der Waals surface area contributed by atoms with Crippen molar-refractivity contribution in [1.29, 1.82) is 0 Å². The molecule has 8 heteroatoms. The van der Waals surface area contributed by atoms with Gasteiger partial charge in [0.1, 0.15) is 0 Å². The first-order chi connectivity index (χ1) is 12.0. The van der Waals surface area contributed by atoms with E-state index in [1.807, 2.05) is 0 Å². The molecule has 1 fully saturated rings. The van der Waals surface area contributed by atoms with Crippen molar-refractivity contribution in [3.63, 3.8) is 0 Å². The summed E-state index contributed by atoms with van der Waals surface area (Å²) >= 11 is 0. The van der Waals surface area contributed by atoms with Crippen LogP contribution in [0, 0.1) is 5.82 Å². The molecular weight excluding hydrogens is 327 g/mol. The normalized spacial score (nSPS) is 22.5. The molecule has 2 N–H and O–H groups in total. The summed E-state index contributed by atoms with van der Waals surface area (Å²) < 4.78 is 14.8. The van der Waals surface area contributed by atoms with Gasteiger partial charge < -0.3 is 5.73 Å². The number of carbonyl (C=O) groups is 2. The van der Waals surface area contributed by atoms with Crippen molar-refractivity contribution < 1.29 is 14.0 Å². The average Bonchev–Trinajstić information content (AvgIpc) is 3.15. The van der Waals surface area contributed by atoms with Gasteiger partial charge in [0, 0.05) is 18.3 Å². The topological polar surface area (TPSA) is 98.3 Å². The minimum absolute atomic E-state index is 0.319. The van der Waals surface area contributed by atoms with E-state index in [4.69, 9.17) is 5.73 Å². The van der Waals surface area contributed by atoms with E-state index in [9.17, 15) is 18.8 Å². The Morgan fingerprint density at radius 3 is 2.28 bits per heavy atom. The van der Waals surface area contributed by atoms with E-state index in [2.05, 4.69) is 4.98 Å². The van der Waals surface area contributed by atoms with Crippen LogP contribution >= 0.6 is 0 Å². The van der Waals surface area contributed by atoms with Gasteiger partial charge in [0.05, 0.1) is 11.1 Å². The quantitative estimate of drug-likeness (QED) is 0.831. The molecule has 2 aromatic rings. The number of imide groups is 1. The van der Waals surface area contributed by atoms with Crippen molar-refractivity contribution in [3.8, 4) is 0 Å². The number of nitrogens with two attached hydrogens (primary N) is 1. The van der Waals surface area contributed by atoms with Crippen LogP contribution in [0.4, 0.5) is 10.2 Å². The fraction of sp³-hybridized carbons (Fsp3) is 0.294. The second kappa shape index (κ2) is 5.51. The van der Waals surface area contributed by atoms with Crippen LogP contribution in [0.1, 0.15) is 46.0 Å². The average molecular weight is 342 g/mol. The first-order valence-corrected chi connectivity index (χ1v) is 7.98. The summed E-state index contributed by atoms with van der Waals surface area (Å²) in [6, 6.07) is 6.03. The Bertz CT molecular complexity index is 920. The molecular formula is C17H15FN4O3. The zero-order chi connectivity index (χ0) is 17.7. The Morgan fingerprint density at radius 2 is 1.64 bits per heavy atom. The fourth-order valence-electron chi connectivity index (χ4n) is 3.68. The van der Waals surface area contributed by atoms with Gasteiger partial charge >= 0.3 is 5.69 Å². The highest BCUT2D eigenvalue weighted by atomic mass is 19.1. The molecule has 0 saturated heterocycles. The number of rotatable bonds is 2. The molecule has 4 rings (SSSR count). The first kappa shape index (κ1) is 15.5. The molecule has 0 bridgehead atoms. The number of carbonyl (C=O) groups excluding carboxylic acids is 2. The molecule has 1 saturated carbocycles. The molecule has 0 radical (unpaired) electrons. The summed E-state index contributed by atoms with van der Waals surface area (Å²) in [5.74, 6) is -1.83. The molecule has 2 amide bonds. The lowest BCUT2D eigenvalue weighted by atomic mass is 10.1. The van der Waals surface area contributed by atoms with Crippen molar-refractivity contribution in [2.24, 2.45) is 0 Å². The SMILES string of the molecule is Nc1nc(=O)n([C@H]2CC[C@H](N3C(=O)c4ccccc4C3=O)C2)cc1F. The molecule has 1 aliphatic carbocycles. The predicted molar refractivity (Wildman–Crippen MR) is 86.5 cm³/mol. The van der Waals surface area contributed by atoms with E-state index >= 15 is 0 Å². The molecule has 0 unspecified atom stereocenters. The Morgan fingerprint density at radius 1 is 1.04 bits per heavy atom.